The molecule has 0 radical (unpaired) electrons. The summed E-state index contributed by atoms with van der Waals surface area (Å²) in [5.41, 5.74) is 0. The summed E-state index contributed by atoms with van der Waals surface area (Å²) in [6.45, 7) is 12.0. The second kappa shape index (κ2) is 5.35. The van der Waals surface area contributed by atoms with Crippen LogP contribution in [0.1, 0.15) is 27.2 Å². The highest BCUT2D eigenvalue weighted by Gasteiger charge is 2.24. The largest absolute Gasteiger partial charge is 0.324 e. The minimum absolute atomic E-state index is 0.764. The third kappa shape index (κ3) is 2.71. The van der Waals surface area contributed by atoms with Crippen LogP contribution in [0.25, 0.3) is 0 Å². The smallest absolute Gasteiger partial charge is 0.0853 e. The number of nitrogens with zero attached hydrogens (tertiary/aromatic N) is 1. The van der Waals surface area contributed by atoms with Crippen LogP contribution in [0, 0.1) is 5.92 Å². The summed E-state index contributed by atoms with van der Waals surface area (Å²) in [6, 6.07) is 0. The highest BCUT2D eigenvalue weighted by atomic mass is 15.3. The monoisotopic (exact) mass is 194 g/mol. The average molecular weight is 194 g/mol. The number of quaternary nitrogens is 1. The Balaban J connectivity index is 2.54. The summed E-state index contributed by atoms with van der Waals surface area (Å²) in [7, 11) is 0. The predicted molar refractivity (Wildman–Crippen MR) is 63.1 cm³/mol. The van der Waals surface area contributed by atoms with E-state index in [1.165, 1.54) is 37.1 Å². The van der Waals surface area contributed by atoms with Crippen molar-refractivity contribution in [3.63, 3.8) is 0 Å². The molecule has 80 valence electrons. The lowest BCUT2D eigenvalue weighted by molar-refractivity contribution is -0.925. The van der Waals surface area contributed by atoms with Crippen molar-refractivity contribution >= 4 is 0 Å². The zero-order chi connectivity index (χ0) is 10.4. The molecule has 1 atom stereocenters. The topological polar surface area (TPSA) is 0 Å². The van der Waals surface area contributed by atoms with Gasteiger partial charge in [0, 0.05) is 5.92 Å². The predicted octanol–water partition coefficient (Wildman–Crippen LogP) is 3.00. The molecule has 1 unspecified atom stereocenters. The Kier molecular flexibility index (Phi) is 4.40. The van der Waals surface area contributed by atoms with E-state index in [4.69, 9.17) is 0 Å². The van der Waals surface area contributed by atoms with E-state index in [1.54, 1.807) is 0 Å². The van der Waals surface area contributed by atoms with Crippen LogP contribution >= 0.6 is 0 Å². The summed E-state index contributed by atoms with van der Waals surface area (Å²) in [6.07, 6.45) is 10.3. The third-order valence-electron chi connectivity index (χ3n) is 3.70. The quantitative estimate of drug-likeness (QED) is 0.590. The maximum Gasteiger partial charge on any atom is 0.0853 e. The van der Waals surface area contributed by atoms with E-state index >= 15 is 0 Å². The first-order chi connectivity index (χ1) is 6.76. The van der Waals surface area contributed by atoms with Crippen LogP contribution in [0.5, 0.6) is 0 Å². The van der Waals surface area contributed by atoms with Gasteiger partial charge in [-0.05, 0) is 27.2 Å². The second-order valence-corrected chi connectivity index (χ2v) is 4.28. The standard InChI is InChI=1S/C13H24N/c1-4-14(5-2,6-3)12-13-10-8-7-9-11-13/h7-10,13H,4-6,11-12H2,1-3H3/q+1. The number of allylic oxidation sites excluding steroid dienone is 3. The molecule has 0 N–H and O–H groups in total. The van der Waals surface area contributed by atoms with Gasteiger partial charge in [-0.1, -0.05) is 24.3 Å². The number of rotatable bonds is 5. The van der Waals surface area contributed by atoms with Crippen molar-refractivity contribution in [2.75, 3.05) is 26.2 Å². The van der Waals surface area contributed by atoms with E-state index in [9.17, 15) is 0 Å². The highest BCUT2D eigenvalue weighted by Crippen LogP contribution is 2.18. The van der Waals surface area contributed by atoms with Crippen molar-refractivity contribution < 1.29 is 4.48 Å². The van der Waals surface area contributed by atoms with Gasteiger partial charge in [-0.25, -0.2) is 0 Å². The third-order valence-corrected chi connectivity index (χ3v) is 3.70. The van der Waals surface area contributed by atoms with Crippen LogP contribution in [0.2, 0.25) is 0 Å². The van der Waals surface area contributed by atoms with Gasteiger partial charge in [0.25, 0.3) is 0 Å². The second-order valence-electron chi connectivity index (χ2n) is 4.28. The molecule has 0 heterocycles. The van der Waals surface area contributed by atoms with Crippen molar-refractivity contribution in [3.05, 3.63) is 24.3 Å². The molecular weight excluding hydrogens is 170 g/mol. The lowest BCUT2D eigenvalue weighted by Crippen LogP contribution is -2.50. The molecule has 1 heteroatoms. The maximum atomic E-state index is 2.37. The van der Waals surface area contributed by atoms with E-state index in [0.29, 0.717) is 0 Å². The molecule has 1 aliphatic carbocycles. The maximum absolute atomic E-state index is 2.37. The number of hydrogen-bond donors (Lipinski definition) is 0. The first-order valence-corrected chi connectivity index (χ1v) is 5.94. The normalized spacial score (nSPS) is 21.5. The molecule has 0 saturated carbocycles. The molecule has 0 spiro atoms. The first kappa shape index (κ1) is 11.5. The Morgan fingerprint density at radius 3 is 2.14 bits per heavy atom. The molecule has 1 rings (SSSR count). The van der Waals surface area contributed by atoms with Crippen molar-refractivity contribution in [2.24, 2.45) is 5.92 Å². The Hall–Kier alpha value is -0.560. The summed E-state index contributed by atoms with van der Waals surface area (Å²) < 4.78 is 1.27. The summed E-state index contributed by atoms with van der Waals surface area (Å²) in [5.74, 6) is 0.764. The van der Waals surface area contributed by atoms with Crippen LogP contribution in [0.3, 0.4) is 0 Å². The Labute approximate surface area is 88.7 Å². The van der Waals surface area contributed by atoms with Gasteiger partial charge in [-0.15, -0.1) is 0 Å². The molecule has 0 aromatic heterocycles. The van der Waals surface area contributed by atoms with Gasteiger partial charge in [0.05, 0.1) is 26.2 Å². The van der Waals surface area contributed by atoms with E-state index < -0.39 is 0 Å². The zero-order valence-electron chi connectivity index (χ0n) is 9.87. The number of hydrogen-bond acceptors (Lipinski definition) is 0. The van der Waals surface area contributed by atoms with Crippen LogP contribution < -0.4 is 0 Å². The van der Waals surface area contributed by atoms with Crippen LogP contribution in [0.4, 0.5) is 0 Å². The van der Waals surface area contributed by atoms with Gasteiger partial charge >= 0.3 is 0 Å². The molecule has 1 aliphatic rings. The highest BCUT2D eigenvalue weighted by molar-refractivity contribution is 5.10. The van der Waals surface area contributed by atoms with Crippen molar-refractivity contribution in [1.82, 2.24) is 0 Å². The van der Waals surface area contributed by atoms with Gasteiger partial charge in [-0.2, -0.15) is 0 Å². The molecule has 1 nitrogen and oxygen atoms in total. The lowest BCUT2D eigenvalue weighted by Gasteiger charge is -2.38. The summed E-state index contributed by atoms with van der Waals surface area (Å²) in [5, 5.41) is 0. The lowest BCUT2D eigenvalue weighted by atomic mass is 9.99. The van der Waals surface area contributed by atoms with Crippen LogP contribution in [-0.4, -0.2) is 30.7 Å². The fraction of sp³-hybridized carbons (Fsp3) is 0.692. The fourth-order valence-electron chi connectivity index (χ4n) is 2.32. The molecule has 0 bridgehead atoms. The summed E-state index contributed by atoms with van der Waals surface area (Å²) >= 11 is 0. The molecular formula is C13H24N+. The Morgan fingerprint density at radius 1 is 1.07 bits per heavy atom. The van der Waals surface area contributed by atoms with Gasteiger partial charge < -0.3 is 4.48 Å². The van der Waals surface area contributed by atoms with E-state index in [2.05, 4.69) is 45.1 Å². The van der Waals surface area contributed by atoms with E-state index in [-0.39, 0.29) is 0 Å². The van der Waals surface area contributed by atoms with Gasteiger partial charge in [0.2, 0.25) is 0 Å². The Morgan fingerprint density at radius 2 is 1.71 bits per heavy atom. The van der Waals surface area contributed by atoms with E-state index in [1.807, 2.05) is 0 Å². The molecule has 0 saturated heterocycles. The van der Waals surface area contributed by atoms with Crippen molar-refractivity contribution in [1.29, 1.82) is 0 Å². The van der Waals surface area contributed by atoms with Crippen molar-refractivity contribution in [2.45, 2.75) is 27.2 Å². The van der Waals surface area contributed by atoms with Gasteiger partial charge in [0.1, 0.15) is 0 Å². The van der Waals surface area contributed by atoms with Gasteiger partial charge in [0.15, 0.2) is 0 Å². The molecule has 0 aliphatic heterocycles. The van der Waals surface area contributed by atoms with Crippen LogP contribution in [-0.2, 0) is 0 Å². The average Bonchev–Trinajstić information content (AvgIpc) is 2.28. The molecule has 0 fully saturated rings. The molecule has 0 aromatic rings. The van der Waals surface area contributed by atoms with Crippen LogP contribution in [0.15, 0.2) is 24.3 Å². The fourth-order valence-corrected chi connectivity index (χ4v) is 2.32. The SMILES string of the molecule is CC[N+](CC)(CC)CC1C=CC=CC1. The summed E-state index contributed by atoms with van der Waals surface area (Å²) in [4.78, 5) is 0. The first-order valence-electron chi connectivity index (χ1n) is 5.94. The van der Waals surface area contributed by atoms with Gasteiger partial charge in [-0.3, -0.25) is 0 Å². The minimum Gasteiger partial charge on any atom is -0.324 e. The minimum atomic E-state index is 0.764. The van der Waals surface area contributed by atoms with E-state index in [0.717, 1.165) is 5.92 Å². The van der Waals surface area contributed by atoms with Crippen molar-refractivity contribution in [3.8, 4) is 0 Å². The molecule has 0 aromatic carbocycles. The Bertz CT molecular complexity index is 203. The molecule has 14 heavy (non-hydrogen) atoms. The zero-order valence-corrected chi connectivity index (χ0v) is 9.87. The molecule has 0 amide bonds.